The molecule has 0 spiro atoms. The minimum atomic E-state index is 0.0279. The summed E-state index contributed by atoms with van der Waals surface area (Å²) in [5.41, 5.74) is 1.04. The topological polar surface area (TPSA) is 81.4 Å². The van der Waals surface area contributed by atoms with Gasteiger partial charge >= 0.3 is 0 Å². The number of fused-ring (bicyclic) bond motifs is 1. The van der Waals surface area contributed by atoms with Crippen LogP contribution in [0.25, 0.3) is 4.96 Å². The average Bonchev–Trinajstić information content (AvgIpc) is 3.15. The molecule has 3 aromatic rings. The van der Waals surface area contributed by atoms with E-state index >= 15 is 0 Å². The highest BCUT2D eigenvalue weighted by Crippen LogP contribution is 2.18. The molecular weight excluding hydrogens is 326 g/mol. The molecule has 0 saturated heterocycles. The van der Waals surface area contributed by atoms with E-state index in [0.717, 1.165) is 27.1 Å². The fourth-order valence-corrected chi connectivity index (χ4v) is 3.29. The highest BCUT2D eigenvalue weighted by atomic mass is 32.1. The Hall–Kier alpha value is -2.48. The molecule has 0 aliphatic rings. The number of aromatic nitrogens is 4. The summed E-state index contributed by atoms with van der Waals surface area (Å²) in [6.45, 7) is 2.43. The number of nitrogens with zero attached hydrogens (tertiary/aromatic N) is 4. The SMILES string of the molecule is COc1ccccc1CCC(=O)NCCc1nn2c(C)nnc2s1. The second-order valence-corrected chi connectivity index (χ2v) is 6.39. The monoisotopic (exact) mass is 345 g/mol. The van der Waals surface area contributed by atoms with E-state index in [4.69, 9.17) is 4.74 Å². The predicted molar refractivity (Wildman–Crippen MR) is 91.4 cm³/mol. The molecule has 126 valence electrons. The smallest absolute Gasteiger partial charge is 0.234 e. The van der Waals surface area contributed by atoms with E-state index in [2.05, 4.69) is 20.6 Å². The van der Waals surface area contributed by atoms with Crippen LogP contribution in [0.2, 0.25) is 0 Å². The number of rotatable bonds is 7. The Kier molecular flexibility index (Phi) is 5.05. The standard InChI is InChI=1S/C16H19N5O2S/c1-11-18-19-16-21(11)20-15(24-16)9-10-17-14(22)8-7-12-5-3-4-6-13(12)23-2/h3-6H,7-10H2,1-2H3,(H,17,22). The molecule has 1 amide bonds. The fourth-order valence-electron chi connectivity index (χ4n) is 2.41. The second-order valence-electron chi connectivity index (χ2n) is 5.35. The van der Waals surface area contributed by atoms with Crippen molar-refractivity contribution in [2.24, 2.45) is 0 Å². The number of ether oxygens (including phenoxy) is 1. The van der Waals surface area contributed by atoms with Crippen LogP contribution >= 0.6 is 11.3 Å². The summed E-state index contributed by atoms with van der Waals surface area (Å²) >= 11 is 1.50. The Morgan fingerprint density at radius 3 is 2.92 bits per heavy atom. The van der Waals surface area contributed by atoms with Crippen LogP contribution in [0.15, 0.2) is 24.3 Å². The van der Waals surface area contributed by atoms with Gasteiger partial charge in [-0.05, 0) is 25.0 Å². The van der Waals surface area contributed by atoms with Crippen molar-refractivity contribution < 1.29 is 9.53 Å². The van der Waals surface area contributed by atoms with Crippen molar-refractivity contribution in [3.05, 3.63) is 40.7 Å². The molecule has 2 aromatic heterocycles. The lowest BCUT2D eigenvalue weighted by atomic mass is 10.1. The number of aryl methyl sites for hydroxylation is 2. The van der Waals surface area contributed by atoms with E-state index in [1.165, 1.54) is 11.3 Å². The molecule has 0 fully saturated rings. The molecule has 7 nitrogen and oxygen atoms in total. The lowest BCUT2D eigenvalue weighted by Crippen LogP contribution is -2.25. The van der Waals surface area contributed by atoms with Gasteiger partial charge in [-0.2, -0.15) is 9.61 Å². The Labute approximate surface area is 143 Å². The summed E-state index contributed by atoms with van der Waals surface area (Å²) in [5.74, 6) is 1.62. The van der Waals surface area contributed by atoms with E-state index in [1.54, 1.807) is 11.6 Å². The van der Waals surface area contributed by atoms with Gasteiger partial charge in [0.25, 0.3) is 0 Å². The van der Waals surface area contributed by atoms with Crippen LogP contribution < -0.4 is 10.1 Å². The van der Waals surface area contributed by atoms with Crippen LogP contribution in [0.4, 0.5) is 0 Å². The molecule has 0 bridgehead atoms. The van der Waals surface area contributed by atoms with Crippen molar-refractivity contribution >= 4 is 22.2 Å². The Balaban J connectivity index is 1.45. The predicted octanol–water partition coefficient (Wildman–Crippen LogP) is 1.79. The van der Waals surface area contributed by atoms with E-state index in [0.29, 0.717) is 25.8 Å². The molecule has 2 heterocycles. The molecule has 24 heavy (non-hydrogen) atoms. The first-order valence-corrected chi connectivity index (χ1v) is 8.55. The quantitative estimate of drug-likeness (QED) is 0.706. The van der Waals surface area contributed by atoms with Crippen LogP contribution in [0.1, 0.15) is 22.8 Å². The van der Waals surface area contributed by atoms with Gasteiger partial charge in [-0.3, -0.25) is 4.79 Å². The Bertz CT molecular complexity index is 842. The molecule has 0 radical (unpaired) electrons. The molecule has 8 heteroatoms. The van der Waals surface area contributed by atoms with Gasteiger partial charge in [0.2, 0.25) is 10.9 Å². The molecule has 1 N–H and O–H groups in total. The van der Waals surface area contributed by atoms with Crippen LogP contribution in [0, 0.1) is 6.92 Å². The minimum absolute atomic E-state index is 0.0279. The van der Waals surface area contributed by atoms with Crippen molar-refractivity contribution in [3.8, 4) is 5.75 Å². The van der Waals surface area contributed by atoms with Crippen LogP contribution in [-0.2, 0) is 17.6 Å². The van der Waals surface area contributed by atoms with E-state index < -0.39 is 0 Å². The van der Waals surface area contributed by atoms with E-state index in [9.17, 15) is 4.79 Å². The van der Waals surface area contributed by atoms with E-state index in [1.807, 2.05) is 31.2 Å². The Morgan fingerprint density at radius 2 is 2.12 bits per heavy atom. The molecule has 3 rings (SSSR count). The minimum Gasteiger partial charge on any atom is -0.496 e. The molecule has 0 atom stereocenters. The first-order chi connectivity index (χ1) is 11.7. The number of carbonyl (C=O) groups excluding carboxylic acids is 1. The number of benzene rings is 1. The largest absolute Gasteiger partial charge is 0.496 e. The molecule has 0 unspecified atom stereocenters. The maximum Gasteiger partial charge on any atom is 0.234 e. The number of nitrogens with one attached hydrogen (secondary N) is 1. The Morgan fingerprint density at radius 1 is 1.29 bits per heavy atom. The van der Waals surface area contributed by atoms with Gasteiger partial charge in [-0.15, -0.1) is 10.2 Å². The molecule has 0 aliphatic heterocycles. The number of hydrogen-bond acceptors (Lipinski definition) is 6. The third-order valence-corrected chi connectivity index (χ3v) is 4.62. The summed E-state index contributed by atoms with van der Waals surface area (Å²) in [5, 5.41) is 16.3. The van der Waals surface area contributed by atoms with Gasteiger partial charge in [0, 0.05) is 19.4 Å². The number of amides is 1. The molecular formula is C16H19N5O2S. The zero-order valence-corrected chi connectivity index (χ0v) is 14.5. The molecule has 0 saturated carbocycles. The first kappa shape index (κ1) is 16.4. The van der Waals surface area contributed by atoms with Gasteiger partial charge < -0.3 is 10.1 Å². The first-order valence-electron chi connectivity index (χ1n) is 7.73. The van der Waals surface area contributed by atoms with Crippen LogP contribution in [0.3, 0.4) is 0 Å². The van der Waals surface area contributed by atoms with Crippen molar-refractivity contribution in [2.45, 2.75) is 26.2 Å². The lowest BCUT2D eigenvalue weighted by molar-refractivity contribution is -0.121. The molecule has 1 aromatic carbocycles. The normalized spacial score (nSPS) is 10.9. The van der Waals surface area contributed by atoms with Gasteiger partial charge in [-0.25, -0.2) is 0 Å². The summed E-state index contributed by atoms with van der Waals surface area (Å²) in [6.07, 6.45) is 1.78. The average molecular weight is 345 g/mol. The third kappa shape index (κ3) is 3.70. The lowest BCUT2D eigenvalue weighted by Gasteiger charge is -2.08. The van der Waals surface area contributed by atoms with Gasteiger partial charge in [0.05, 0.1) is 7.11 Å². The summed E-state index contributed by atoms with van der Waals surface area (Å²) < 4.78 is 7.02. The molecule has 0 aliphatic carbocycles. The summed E-state index contributed by atoms with van der Waals surface area (Å²) in [7, 11) is 1.64. The second kappa shape index (κ2) is 7.39. The number of carbonyl (C=O) groups is 1. The van der Waals surface area contributed by atoms with Crippen molar-refractivity contribution in [1.82, 2.24) is 25.1 Å². The van der Waals surface area contributed by atoms with Crippen molar-refractivity contribution in [3.63, 3.8) is 0 Å². The van der Waals surface area contributed by atoms with Crippen LogP contribution in [-0.4, -0.2) is 39.4 Å². The highest BCUT2D eigenvalue weighted by molar-refractivity contribution is 7.16. The third-order valence-electron chi connectivity index (χ3n) is 3.66. The van der Waals surface area contributed by atoms with Gasteiger partial charge in [-0.1, -0.05) is 29.5 Å². The number of hydrogen-bond donors (Lipinski definition) is 1. The summed E-state index contributed by atoms with van der Waals surface area (Å²) in [6, 6.07) is 7.76. The summed E-state index contributed by atoms with van der Waals surface area (Å²) in [4.78, 5) is 12.8. The maximum atomic E-state index is 12.0. The van der Waals surface area contributed by atoms with Crippen molar-refractivity contribution in [1.29, 1.82) is 0 Å². The number of para-hydroxylation sites is 1. The number of methoxy groups -OCH3 is 1. The zero-order chi connectivity index (χ0) is 16.9. The highest BCUT2D eigenvalue weighted by Gasteiger charge is 2.09. The van der Waals surface area contributed by atoms with Gasteiger partial charge in [0.1, 0.15) is 10.8 Å². The van der Waals surface area contributed by atoms with E-state index in [-0.39, 0.29) is 5.91 Å². The van der Waals surface area contributed by atoms with Crippen LogP contribution in [0.5, 0.6) is 5.75 Å². The zero-order valence-electron chi connectivity index (χ0n) is 13.7. The fraction of sp³-hybridized carbons (Fsp3) is 0.375. The van der Waals surface area contributed by atoms with Crippen molar-refractivity contribution in [2.75, 3.05) is 13.7 Å². The maximum absolute atomic E-state index is 12.0. The van der Waals surface area contributed by atoms with Gasteiger partial charge in [0.15, 0.2) is 5.82 Å².